The third kappa shape index (κ3) is 4.35. The Kier molecular flexibility index (Phi) is 5.48. The molecule has 2 unspecified atom stereocenters. The molecule has 1 heterocycles. The van der Waals surface area contributed by atoms with Crippen molar-refractivity contribution in [3.63, 3.8) is 0 Å². The van der Waals surface area contributed by atoms with Crippen molar-refractivity contribution in [3.8, 4) is 0 Å². The number of nitrogens with one attached hydrogen (secondary N) is 1. The Labute approximate surface area is 132 Å². The van der Waals surface area contributed by atoms with E-state index < -0.39 is 17.8 Å². The van der Waals surface area contributed by atoms with Gasteiger partial charge in [-0.1, -0.05) is 6.07 Å². The Hall–Kier alpha value is -1.80. The van der Waals surface area contributed by atoms with Crippen LogP contribution in [-0.2, 0) is 10.9 Å². The van der Waals surface area contributed by atoms with Gasteiger partial charge in [-0.3, -0.25) is 0 Å². The number of nitrogens with two attached hydrogens (primary N) is 1. The zero-order valence-electron chi connectivity index (χ0n) is 12.8. The van der Waals surface area contributed by atoms with Crippen LogP contribution in [0.15, 0.2) is 24.3 Å². The second-order valence-corrected chi connectivity index (χ2v) is 5.47. The molecule has 0 spiro atoms. The molecule has 0 saturated carbocycles. The largest absolute Gasteiger partial charge is 0.416 e. The minimum atomic E-state index is -4.45. The highest BCUT2D eigenvalue weighted by molar-refractivity contribution is 5.89. The number of hydrogen-bond donors (Lipinski definition) is 2. The second kappa shape index (κ2) is 7.18. The number of urea groups is 1. The molecule has 5 nitrogen and oxygen atoms in total. The summed E-state index contributed by atoms with van der Waals surface area (Å²) in [7, 11) is 1.61. The number of halogens is 3. The van der Waals surface area contributed by atoms with Crippen molar-refractivity contribution in [3.05, 3.63) is 29.8 Å². The van der Waals surface area contributed by atoms with Gasteiger partial charge in [0.15, 0.2) is 0 Å². The maximum atomic E-state index is 12.7. The first-order chi connectivity index (χ1) is 10.8. The number of carbonyl (C=O) groups is 1. The summed E-state index contributed by atoms with van der Waals surface area (Å²) in [4.78, 5) is 13.9. The summed E-state index contributed by atoms with van der Waals surface area (Å²) in [5.41, 5.74) is 5.00. The molecule has 23 heavy (non-hydrogen) atoms. The average molecular weight is 331 g/mol. The highest BCUT2D eigenvalue weighted by Gasteiger charge is 2.32. The van der Waals surface area contributed by atoms with Gasteiger partial charge in [-0.05, 0) is 31.0 Å². The van der Waals surface area contributed by atoms with Gasteiger partial charge in [0.1, 0.15) is 0 Å². The molecule has 0 bridgehead atoms. The number of methoxy groups -OCH3 is 1. The fraction of sp³-hybridized carbons (Fsp3) is 0.533. The molecule has 2 amide bonds. The van der Waals surface area contributed by atoms with E-state index in [1.807, 2.05) is 0 Å². The van der Waals surface area contributed by atoms with Gasteiger partial charge in [0, 0.05) is 31.9 Å². The van der Waals surface area contributed by atoms with Gasteiger partial charge in [-0.2, -0.15) is 13.2 Å². The summed E-state index contributed by atoms with van der Waals surface area (Å²) >= 11 is 0. The normalized spacial score (nSPS) is 22.0. The Morgan fingerprint density at radius 1 is 1.48 bits per heavy atom. The molecule has 2 rings (SSSR count). The number of likely N-dealkylation sites (tertiary alicyclic amines) is 1. The summed E-state index contributed by atoms with van der Waals surface area (Å²) in [6.07, 6.45) is -3.12. The van der Waals surface area contributed by atoms with E-state index in [4.69, 9.17) is 10.5 Å². The Morgan fingerprint density at radius 3 is 2.83 bits per heavy atom. The summed E-state index contributed by atoms with van der Waals surface area (Å²) in [6, 6.07) is 3.91. The van der Waals surface area contributed by atoms with Crippen LogP contribution in [0.5, 0.6) is 0 Å². The average Bonchev–Trinajstić information content (AvgIpc) is 2.53. The molecule has 1 aromatic carbocycles. The number of ether oxygens (including phenoxy) is 1. The SMILES string of the molecule is COC1CCN(C(=O)Nc2cccc(C(F)(F)F)c2)C(CN)C1. The Morgan fingerprint density at radius 2 is 2.22 bits per heavy atom. The topological polar surface area (TPSA) is 67.6 Å². The lowest BCUT2D eigenvalue weighted by Crippen LogP contribution is -2.52. The van der Waals surface area contributed by atoms with Crippen molar-refractivity contribution in [2.75, 3.05) is 25.5 Å². The molecule has 1 aromatic rings. The summed E-state index contributed by atoms with van der Waals surface area (Å²) in [5, 5.41) is 2.51. The van der Waals surface area contributed by atoms with Crippen LogP contribution in [0, 0.1) is 0 Å². The van der Waals surface area contributed by atoms with E-state index in [0.29, 0.717) is 19.4 Å². The van der Waals surface area contributed by atoms with Crippen LogP contribution in [-0.4, -0.2) is 43.3 Å². The molecule has 1 aliphatic heterocycles. The molecule has 0 aromatic heterocycles. The van der Waals surface area contributed by atoms with Gasteiger partial charge in [0.05, 0.1) is 11.7 Å². The number of alkyl halides is 3. The fourth-order valence-corrected chi connectivity index (χ4v) is 2.69. The minimum absolute atomic E-state index is 0.0427. The van der Waals surface area contributed by atoms with Gasteiger partial charge >= 0.3 is 12.2 Å². The summed E-state index contributed by atoms with van der Waals surface area (Å²) in [5.74, 6) is 0. The van der Waals surface area contributed by atoms with E-state index in [1.54, 1.807) is 12.0 Å². The number of carbonyl (C=O) groups excluding carboxylic acids is 1. The molecule has 3 N–H and O–H groups in total. The van der Waals surface area contributed by atoms with Crippen LogP contribution in [0.25, 0.3) is 0 Å². The highest BCUT2D eigenvalue weighted by Crippen LogP contribution is 2.31. The van der Waals surface area contributed by atoms with Crippen LogP contribution >= 0.6 is 0 Å². The van der Waals surface area contributed by atoms with Crippen LogP contribution in [0.2, 0.25) is 0 Å². The van der Waals surface area contributed by atoms with E-state index in [0.717, 1.165) is 12.1 Å². The van der Waals surface area contributed by atoms with E-state index in [-0.39, 0.29) is 24.4 Å². The Balaban J connectivity index is 2.07. The number of amides is 2. The van der Waals surface area contributed by atoms with E-state index >= 15 is 0 Å². The quantitative estimate of drug-likeness (QED) is 0.895. The smallest absolute Gasteiger partial charge is 0.381 e. The molecule has 1 aliphatic rings. The molecular weight excluding hydrogens is 311 g/mol. The Bertz CT molecular complexity index is 551. The lowest BCUT2D eigenvalue weighted by atomic mass is 10.00. The van der Waals surface area contributed by atoms with Gasteiger partial charge in [-0.25, -0.2) is 4.79 Å². The zero-order chi connectivity index (χ0) is 17.0. The monoisotopic (exact) mass is 331 g/mol. The summed E-state index contributed by atoms with van der Waals surface area (Å²) in [6.45, 7) is 0.723. The summed E-state index contributed by atoms with van der Waals surface area (Å²) < 4.78 is 43.4. The van der Waals surface area contributed by atoms with Crippen molar-refractivity contribution < 1.29 is 22.7 Å². The number of anilines is 1. The third-order valence-corrected chi connectivity index (χ3v) is 3.98. The van der Waals surface area contributed by atoms with Gasteiger partial charge < -0.3 is 20.7 Å². The van der Waals surface area contributed by atoms with Crippen molar-refractivity contribution in [1.29, 1.82) is 0 Å². The minimum Gasteiger partial charge on any atom is -0.381 e. The van der Waals surface area contributed by atoms with Crippen molar-refractivity contribution >= 4 is 11.7 Å². The number of benzene rings is 1. The first kappa shape index (κ1) is 17.6. The second-order valence-electron chi connectivity index (χ2n) is 5.47. The molecular formula is C15H20F3N3O2. The fourth-order valence-electron chi connectivity index (χ4n) is 2.69. The van der Waals surface area contributed by atoms with E-state index in [2.05, 4.69) is 5.32 Å². The molecule has 8 heteroatoms. The molecule has 0 radical (unpaired) electrons. The van der Waals surface area contributed by atoms with E-state index in [1.165, 1.54) is 12.1 Å². The van der Waals surface area contributed by atoms with Crippen LogP contribution in [0.4, 0.5) is 23.7 Å². The van der Waals surface area contributed by atoms with Gasteiger partial charge in [0.25, 0.3) is 0 Å². The third-order valence-electron chi connectivity index (χ3n) is 3.98. The molecule has 1 fully saturated rings. The van der Waals surface area contributed by atoms with Crippen LogP contribution in [0.1, 0.15) is 18.4 Å². The lowest BCUT2D eigenvalue weighted by Gasteiger charge is -2.38. The van der Waals surface area contributed by atoms with Crippen LogP contribution < -0.4 is 11.1 Å². The van der Waals surface area contributed by atoms with Crippen molar-refractivity contribution in [1.82, 2.24) is 4.90 Å². The maximum absolute atomic E-state index is 12.7. The van der Waals surface area contributed by atoms with E-state index in [9.17, 15) is 18.0 Å². The molecule has 2 atom stereocenters. The maximum Gasteiger partial charge on any atom is 0.416 e. The predicted molar refractivity (Wildman–Crippen MR) is 80.0 cm³/mol. The van der Waals surface area contributed by atoms with Crippen molar-refractivity contribution in [2.24, 2.45) is 5.73 Å². The first-order valence-corrected chi connectivity index (χ1v) is 7.33. The van der Waals surface area contributed by atoms with Crippen molar-refractivity contribution in [2.45, 2.75) is 31.2 Å². The standard InChI is InChI=1S/C15H20F3N3O2/c1-23-13-5-6-21(12(8-13)9-19)14(22)20-11-4-2-3-10(7-11)15(16,17)18/h2-4,7,12-13H,5-6,8-9,19H2,1H3,(H,20,22). The predicted octanol–water partition coefficient (Wildman–Crippen LogP) is 2.68. The van der Waals surface area contributed by atoms with Gasteiger partial charge in [-0.15, -0.1) is 0 Å². The molecule has 0 aliphatic carbocycles. The number of hydrogen-bond acceptors (Lipinski definition) is 3. The number of piperidine rings is 1. The van der Waals surface area contributed by atoms with Crippen LogP contribution in [0.3, 0.4) is 0 Å². The molecule has 128 valence electrons. The number of nitrogens with zero attached hydrogens (tertiary/aromatic N) is 1. The van der Waals surface area contributed by atoms with Gasteiger partial charge in [0.2, 0.25) is 0 Å². The number of rotatable bonds is 3. The zero-order valence-corrected chi connectivity index (χ0v) is 12.8. The highest BCUT2D eigenvalue weighted by atomic mass is 19.4. The molecule has 1 saturated heterocycles. The lowest BCUT2D eigenvalue weighted by molar-refractivity contribution is -0.137. The first-order valence-electron chi connectivity index (χ1n) is 7.33.